The Morgan fingerprint density at radius 2 is 2.07 bits per heavy atom. The fourth-order valence-electron chi connectivity index (χ4n) is 2.43. The molecule has 0 aliphatic carbocycles. The van der Waals surface area contributed by atoms with Gasteiger partial charge in [-0.1, -0.05) is 13.0 Å². The third-order valence-corrected chi connectivity index (χ3v) is 3.69. The van der Waals surface area contributed by atoms with E-state index in [4.69, 9.17) is 10.5 Å². The molecule has 0 aliphatic rings. The summed E-state index contributed by atoms with van der Waals surface area (Å²) in [5, 5.41) is 2.72. The predicted octanol–water partition coefficient (Wildman–Crippen LogP) is 3.87. The number of pyridine rings is 3. The van der Waals surface area contributed by atoms with Crippen LogP contribution in [-0.4, -0.2) is 26.7 Å². The van der Waals surface area contributed by atoms with Gasteiger partial charge in [0.25, 0.3) is 5.91 Å². The van der Waals surface area contributed by atoms with Crippen LogP contribution in [0.4, 0.5) is 16.0 Å². The molecule has 1 amide bonds. The minimum Gasteiger partial charge on any atom is -0.454 e. The topological polar surface area (TPSA) is 115 Å². The monoisotopic (exact) mass is 396 g/mol. The average Bonchev–Trinajstić information content (AvgIpc) is 2.69. The molecular weight excluding hydrogens is 375 g/mol. The number of nitrogens with zero attached hydrogens (tertiary/aromatic N) is 4. The smallest absolute Gasteiger partial charge is 0.260 e. The van der Waals surface area contributed by atoms with Crippen LogP contribution in [0, 0.1) is 5.82 Å². The third kappa shape index (κ3) is 5.32. The maximum atomic E-state index is 13.3. The van der Waals surface area contributed by atoms with Crippen LogP contribution >= 0.6 is 0 Å². The fraction of sp³-hybridized carbons (Fsp3) is 0.150. The van der Waals surface area contributed by atoms with Crippen molar-refractivity contribution in [2.75, 3.05) is 5.32 Å². The van der Waals surface area contributed by atoms with Crippen LogP contribution in [0.2, 0.25) is 0 Å². The van der Waals surface area contributed by atoms with E-state index in [0.29, 0.717) is 5.82 Å². The summed E-state index contributed by atoms with van der Waals surface area (Å²) in [6, 6.07) is 7.97. The number of anilines is 1. The molecule has 0 saturated heterocycles. The van der Waals surface area contributed by atoms with Crippen molar-refractivity contribution in [3.05, 3.63) is 66.0 Å². The number of aromatic nitrogens is 3. The quantitative estimate of drug-likeness (QED) is 0.483. The minimum atomic E-state index is -0.546. The molecule has 3 heterocycles. The second kappa shape index (κ2) is 8.87. The van der Waals surface area contributed by atoms with Crippen molar-refractivity contribution in [1.29, 1.82) is 0 Å². The maximum absolute atomic E-state index is 13.3. The van der Waals surface area contributed by atoms with Crippen LogP contribution in [0.25, 0.3) is 0 Å². The number of carbonyl (C=O) groups is 1. The van der Waals surface area contributed by atoms with Crippen LogP contribution in [0.15, 0.2) is 53.9 Å². The number of amidine groups is 1. The molecule has 0 spiro atoms. The minimum absolute atomic E-state index is 0. The third-order valence-electron chi connectivity index (χ3n) is 3.69. The SMILES string of the molecule is CCc1cccc(NC(=O)c2cc(Oc3cncc(F)c3)cnc2/N=C(/C)N)n1.[HH]. The van der Waals surface area contributed by atoms with E-state index in [1.807, 2.05) is 13.0 Å². The van der Waals surface area contributed by atoms with E-state index < -0.39 is 11.7 Å². The summed E-state index contributed by atoms with van der Waals surface area (Å²) >= 11 is 0. The molecule has 8 nitrogen and oxygen atoms in total. The van der Waals surface area contributed by atoms with E-state index in [0.717, 1.165) is 18.3 Å². The number of nitrogens with two attached hydrogens (primary N) is 1. The molecule has 3 aromatic rings. The molecule has 0 bridgehead atoms. The van der Waals surface area contributed by atoms with E-state index in [2.05, 4.69) is 25.3 Å². The van der Waals surface area contributed by atoms with Crippen molar-refractivity contribution < 1.29 is 15.3 Å². The Labute approximate surface area is 168 Å². The lowest BCUT2D eigenvalue weighted by Gasteiger charge is -2.10. The van der Waals surface area contributed by atoms with Gasteiger partial charge in [0.2, 0.25) is 0 Å². The molecule has 0 saturated carbocycles. The number of aryl methyl sites for hydroxylation is 1. The molecule has 0 unspecified atom stereocenters. The summed E-state index contributed by atoms with van der Waals surface area (Å²) < 4.78 is 18.9. The van der Waals surface area contributed by atoms with Gasteiger partial charge in [-0.25, -0.2) is 19.4 Å². The molecule has 0 aromatic carbocycles. The second-order valence-corrected chi connectivity index (χ2v) is 6.06. The number of amides is 1. The van der Waals surface area contributed by atoms with Crippen molar-refractivity contribution in [3.8, 4) is 11.5 Å². The Balaban J connectivity index is 0.00000320. The largest absolute Gasteiger partial charge is 0.454 e. The van der Waals surface area contributed by atoms with Gasteiger partial charge in [0.05, 0.1) is 30.0 Å². The highest BCUT2D eigenvalue weighted by atomic mass is 19.1. The van der Waals surface area contributed by atoms with Crippen molar-refractivity contribution >= 4 is 23.4 Å². The molecular formula is C20H21FN6O2. The Kier molecular flexibility index (Phi) is 6.08. The van der Waals surface area contributed by atoms with Gasteiger partial charge in [-0.05, 0) is 31.5 Å². The zero-order valence-corrected chi connectivity index (χ0v) is 15.9. The van der Waals surface area contributed by atoms with Gasteiger partial charge in [-0.2, -0.15) is 0 Å². The normalized spacial score (nSPS) is 11.2. The first-order valence-electron chi connectivity index (χ1n) is 8.81. The Morgan fingerprint density at radius 3 is 2.79 bits per heavy atom. The molecule has 0 atom stereocenters. The number of rotatable bonds is 6. The highest BCUT2D eigenvalue weighted by Crippen LogP contribution is 2.26. The van der Waals surface area contributed by atoms with Gasteiger partial charge in [0.1, 0.15) is 23.1 Å². The van der Waals surface area contributed by atoms with Crippen LogP contribution in [0.1, 0.15) is 31.3 Å². The molecule has 3 rings (SSSR count). The Hall–Kier alpha value is -3.88. The van der Waals surface area contributed by atoms with Crippen LogP contribution in [0.5, 0.6) is 11.5 Å². The summed E-state index contributed by atoms with van der Waals surface area (Å²) in [5.41, 5.74) is 6.61. The first-order chi connectivity index (χ1) is 13.9. The average molecular weight is 396 g/mol. The maximum Gasteiger partial charge on any atom is 0.260 e. The lowest BCUT2D eigenvalue weighted by molar-refractivity contribution is 0.102. The number of hydrogen-bond acceptors (Lipinski definition) is 6. The fourth-order valence-corrected chi connectivity index (χ4v) is 2.43. The zero-order chi connectivity index (χ0) is 20.8. The number of halogens is 1. The predicted molar refractivity (Wildman–Crippen MR) is 109 cm³/mol. The standard InChI is InChI=1S/C20H19FN6O2.H2/c1-3-14-5-4-6-18(26-14)27-20(28)17-8-16(11-24-19(17)25-12(2)22)29-15-7-13(21)9-23-10-15;/h4-11H,3H2,1-2H3,(H2,22,24,25)(H,26,27,28);1H. The van der Waals surface area contributed by atoms with E-state index in [-0.39, 0.29) is 30.1 Å². The summed E-state index contributed by atoms with van der Waals surface area (Å²) in [4.78, 5) is 29.2. The van der Waals surface area contributed by atoms with Crippen molar-refractivity contribution in [2.45, 2.75) is 20.3 Å². The number of ether oxygens (including phenoxy) is 1. The van der Waals surface area contributed by atoms with E-state index in [9.17, 15) is 9.18 Å². The van der Waals surface area contributed by atoms with Crippen molar-refractivity contribution in [1.82, 2.24) is 15.0 Å². The molecule has 3 aromatic heterocycles. The number of aliphatic imine (C=N–C) groups is 1. The van der Waals surface area contributed by atoms with Crippen LogP contribution < -0.4 is 15.8 Å². The lowest BCUT2D eigenvalue weighted by atomic mass is 10.2. The highest BCUT2D eigenvalue weighted by Gasteiger charge is 2.16. The summed E-state index contributed by atoms with van der Waals surface area (Å²) in [6.45, 7) is 3.55. The summed E-state index contributed by atoms with van der Waals surface area (Å²) in [7, 11) is 0. The molecule has 0 aliphatic heterocycles. The van der Waals surface area contributed by atoms with Gasteiger partial charge in [0.15, 0.2) is 5.82 Å². The molecule has 0 fully saturated rings. The number of hydrogen-bond donors (Lipinski definition) is 2. The van der Waals surface area contributed by atoms with E-state index in [1.165, 1.54) is 24.5 Å². The first-order valence-corrected chi connectivity index (χ1v) is 8.81. The molecule has 29 heavy (non-hydrogen) atoms. The van der Waals surface area contributed by atoms with Gasteiger partial charge >= 0.3 is 0 Å². The van der Waals surface area contributed by atoms with Crippen LogP contribution in [0.3, 0.4) is 0 Å². The number of carbonyl (C=O) groups excluding carboxylic acids is 1. The van der Waals surface area contributed by atoms with Crippen molar-refractivity contribution in [2.24, 2.45) is 10.7 Å². The van der Waals surface area contributed by atoms with Gasteiger partial charge in [-0.15, -0.1) is 0 Å². The summed E-state index contributed by atoms with van der Waals surface area (Å²) in [5.74, 6) is 0.110. The highest BCUT2D eigenvalue weighted by molar-refractivity contribution is 6.07. The molecule has 3 N–H and O–H groups in total. The summed E-state index contributed by atoms with van der Waals surface area (Å²) in [6.07, 6.45) is 4.50. The van der Waals surface area contributed by atoms with E-state index in [1.54, 1.807) is 19.1 Å². The van der Waals surface area contributed by atoms with Gasteiger partial charge in [-0.3, -0.25) is 9.78 Å². The van der Waals surface area contributed by atoms with Gasteiger partial charge in [0, 0.05) is 13.2 Å². The molecule has 150 valence electrons. The second-order valence-electron chi connectivity index (χ2n) is 6.06. The Morgan fingerprint density at radius 1 is 1.28 bits per heavy atom. The Bertz CT molecular complexity index is 1070. The van der Waals surface area contributed by atoms with E-state index >= 15 is 0 Å². The van der Waals surface area contributed by atoms with Crippen molar-refractivity contribution in [3.63, 3.8) is 0 Å². The first kappa shape index (κ1) is 19.9. The molecule has 9 heteroatoms. The van der Waals surface area contributed by atoms with Crippen LogP contribution in [-0.2, 0) is 6.42 Å². The zero-order valence-electron chi connectivity index (χ0n) is 15.9. The van der Waals surface area contributed by atoms with Gasteiger partial charge < -0.3 is 15.8 Å². The number of nitrogens with one attached hydrogen (secondary N) is 1. The lowest BCUT2D eigenvalue weighted by Crippen LogP contribution is -2.15. The molecule has 0 radical (unpaired) electrons.